The van der Waals surface area contributed by atoms with E-state index in [2.05, 4.69) is 10.1 Å². The zero-order valence-electron chi connectivity index (χ0n) is 19.5. The highest BCUT2D eigenvalue weighted by atomic mass is 35.5. The number of benzene rings is 3. The van der Waals surface area contributed by atoms with Crippen molar-refractivity contribution in [3.63, 3.8) is 0 Å². The van der Waals surface area contributed by atoms with Crippen molar-refractivity contribution in [3.05, 3.63) is 70.5 Å². The maximum Gasteiger partial charge on any atom is 0.327 e. The fraction of sp³-hybridized carbons (Fsp3) is 0.240. The van der Waals surface area contributed by atoms with Crippen LogP contribution < -0.4 is 4.31 Å². The summed E-state index contributed by atoms with van der Waals surface area (Å²) in [5, 5.41) is 15.5. The second-order valence-corrected chi connectivity index (χ2v) is 10.9. The number of hydrogen-bond acceptors (Lipinski definition) is 6. The van der Waals surface area contributed by atoms with Gasteiger partial charge in [0.25, 0.3) is 10.0 Å². The molecule has 0 aliphatic carbocycles. The summed E-state index contributed by atoms with van der Waals surface area (Å²) in [4.78, 5) is 16.6. The number of sulfonamides is 1. The van der Waals surface area contributed by atoms with E-state index in [1.165, 1.54) is 18.2 Å². The molecule has 4 rings (SSSR count). The molecular weight excluding hydrogens is 525 g/mol. The number of anilines is 1. The van der Waals surface area contributed by atoms with Gasteiger partial charge < -0.3 is 9.63 Å². The molecular formula is C25H23Cl2N3O5S. The van der Waals surface area contributed by atoms with Crippen molar-refractivity contribution in [3.8, 4) is 11.4 Å². The van der Waals surface area contributed by atoms with Crippen LogP contribution in [-0.2, 0) is 14.8 Å². The van der Waals surface area contributed by atoms with Crippen molar-refractivity contribution < 1.29 is 22.8 Å². The average Bonchev–Trinajstić information content (AvgIpc) is 3.26. The molecule has 1 atom stereocenters. The number of fused-ring (bicyclic) bond motifs is 1. The smallest absolute Gasteiger partial charge is 0.327 e. The third-order valence-corrected chi connectivity index (χ3v) is 7.93. The molecule has 0 radical (unpaired) electrons. The van der Waals surface area contributed by atoms with Gasteiger partial charge in [0.2, 0.25) is 11.7 Å². The summed E-state index contributed by atoms with van der Waals surface area (Å²) in [5.74, 6) is -0.542. The van der Waals surface area contributed by atoms with Crippen molar-refractivity contribution in [1.29, 1.82) is 0 Å². The molecule has 1 unspecified atom stereocenters. The van der Waals surface area contributed by atoms with Crippen LogP contribution in [0.25, 0.3) is 22.2 Å². The van der Waals surface area contributed by atoms with Crippen LogP contribution in [0.3, 0.4) is 0 Å². The molecule has 0 bridgehead atoms. The molecule has 0 aliphatic rings. The molecule has 0 spiro atoms. The summed E-state index contributed by atoms with van der Waals surface area (Å²) in [6.45, 7) is 3.58. The van der Waals surface area contributed by atoms with Crippen molar-refractivity contribution in [2.75, 3.05) is 4.31 Å². The summed E-state index contributed by atoms with van der Waals surface area (Å²) in [6, 6.07) is 12.9. The second kappa shape index (κ2) is 10.5. The Morgan fingerprint density at radius 2 is 1.75 bits per heavy atom. The summed E-state index contributed by atoms with van der Waals surface area (Å²) >= 11 is 12.2. The summed E-state index contributed by atoms with van der Waals surface area (Å²) in [5.41, 5.74) is 0.823. The van der Waals surface area contributed by atoms with Crippen molar-refractivity contribution in [1.82, 2.24) is 10.1 Å². The van der Waals surface area contributed by atoms with Gasteiger partial charge in [-0.3, -0.25) is 4.31 Å². The molecule has 0 aliphatic heterocycles. The summed E-state index contributed by atoms with van der Waals surface area (Å²) in [7, 11) is -4.40. The highest BCUT2D eigenvalue weighted by Gasteiger charge is 2.37. The number of hydrogen-bond donors (Lipinski definition) is 1. The summed E-state index contributed by atoms with van der Waals surface area (Å²) in [6.07, 6.45) is 1.31. The first-order valence-electron chi connectivity index (χ1n) is 11.2. The third-order valence-electron chi connectivity index (χ3n) is 5.70. The van der Waals surface area contributed by atoms with E-state index >= 15 is 0 Å². The quantitative estimate of drug-likeness (QED) is 0.260. The van der Waals surface area contributed by atoms with Gasteiger partial charge in [-0.25, -0.2) is 13.2 Å². The largest absolute Gasteiger partial charge is 0.480 e. The number of halogens is 2. The predicted molar refractivity (Wildman–Crippen MR) is 139 cm³/mol. The number of aliphatic carboxylic acids is 1. The zero-order valence-corrected chi connectivity index (χ0v) is 21.8. The number of rotatable bonds is 9. The fourth-order valence-electron chi connectivity index (χ4n) is 4.08. The van der Waals surface area contributed by atoms with E-state index in [4.69, 9.17) is 27.7 Å². The van der Waals surface area contributed by atoms with E-state index in [0.29, 0.717) is 40.9 Å². The van der Waals surface area contributed by atoms with Crippen LogP contribution >= 0.6 is 23.2 Å². The zero-order chi connectivity index (χ0) is 26.0. The van der Waals surface area contributed by atoms with E-state index in [9.17, 15) is 18.3 Å². The number of unbranched alkanes of at least 4 members (excludes halogenated alkanes) is 1. The molecule has 1 aromatic heterocycles. The maximum absolute atomic E-state index is 14.1. The van der Waals surface area contributed by atoms with E-state index in [1.807, 2.05) is 6.92 Å². The van der Waals surface area contributed by atoms with Crippen molar-refractivity contribution in [2.45, 2.75) is 44.0 Å². The van der Waals surface area contributed by atoms with Crippen LogP contribution in [0.4, 0.5) is 5.69 Å². The van der Waals surface area contributed by atoms with Crippen molar-refractivity contribution >= 4 is 55.7 Å². The van der Waals surface area contributed by atoms with Crippen LogP contribution in [-0.4, -0.2) is 35.7 Å². The Morgan fingerprint density at radius 1 is 1.08 bits per heavy atom. The monoisotopic (exact) mass is 547 g/mol. The first-order valence-corrected chi connectivity index (χ1v) is 13.4. The summed E-state index contributed by atoms with van der Waals surface area (Å²) < 4.78 is 34.2. The standard InChI is InChI=1S/C25H23Cl2N3O5S/c1-3-4-10-23(25(31)32)30(36(33,34)18-13-16(26)12-17(27)14-18)22-11-6-7-19-20(22)8-5-9-21(19)24-28-15(2)35-29-24/h5-9,11-14,23H,3-4,10H2,1-2H3,(H,31,32). The number of aromatic nitrogens is 2. The Labute approximate surface area is 218 Å². The first kappa shape index (κ1) is 25.9. The van der Waals surface area contributed by atoms with Gasteiger partial charge in [-0.1, -0.05) is 78.5 Å². The van der Waals surface area contributed by atoms with Crippen LogP contribution in [0.2, 0.25) is 10.0 Å². The Kier molecular flexibility index (Phi) is 7.54. The van der Waals surface area contributed by atoms with Gasteiger partial charge in [-0.05, 0) is 36.1 Å². The minimum atomic E-state index is -4.40. The number of carbonyl (C=O) groups is 1. The third kappa shape index (κ3) is 5.04. The minimum absolute atomic E-state index is 0.111. The first-order chi connectivity index (χ1) is 17.1. The van der Waals surface area contributed by atoms with Gasteiger partial charge >= 0.3 is 5.97 Å². The maximum atomic E-state index is 14.1. The van der Waals surface area contributed by atoms with E-state index in [-0.39, 0.29) is 27.0 Å². The van der Waals surface area contributed by atoms with Crippen LogP contribution in [0.15, 0.2) is 64.0 Å². The van der Waals surface area contributed by atoms with E-state index in [1.54, 1.807) is 43.3 Å². The second-order valence-electron chi connectivity index (χ2n) is 8.22. The molecule has 4 aromatic rings. The number of aryl methyl sites for hydroxylation is 1. The fourth-order valence-corrected chi connectivity index (χ4v) is 6.47. The molecule has 0 saturated carbocycles. The highest BCUT2D eigenvalue weighted by Crippen LogP contribution is 2.38. The van der Waals surface area contributed by atoms with Gasteiger partial charge in [-0.15, -0.1) is 0 Å². The van der Waals surface area contributed by atoms with E-state index in [0.717, 1.165) is 4.31 Å². The lowest BCUT2D eigenvalue weighted by atomic mass is 10.0. The SMILES string of the molecule is CCCCC(C(=O)O)N(c1cccc2c(-c3noc(C)n3)cccc12)S(=O)(=O)c1cc(Cl)cc(Cl)c1. The van der Waals surface area contributed by atoms with Gasteiger partial charge in [0.1, 0.15) is 6.04 Å². The molecule has 8 nitrogen and oxygen atoms in total. The molecule has 0 saturated heterocycles. The highest BCUT2D eigenvalue weighted by molar-refractivity contribution is 7.93. The van der Waals surface area contributed by atoms with Gasteiger partial charge in [-0.2, -0.15) is 4.98 Å². The average molecular weight is 548 g/mol. The molecule has 0 fully saturated rings. The normalized spacial score (nSPS) is 12.6. The molecule has 36 heavy (non-hydrogen) atoms. The molecule has 1 N–H and O–H groups in total. The molecule has 11 heteroatoms. The Balaban J connectivity index is 2.00. The Morgan fingerprint density at radius 3 is 2.36 bits per heavy atom. The topological polar surface area (TPSA) is 114 Å². The van der Waals surface area contributed by atoms with Gasteiger partial charge in [0.15, 0.2) is 0 Å². The predicted octanol–water partition coefficient (Wildman–Crippen LogP) is 6.34. The van der Waals surface area contributed by atoms with Crippen LogP contribution in [0.1, 0.15) is 32.1 Å². The molecule has 188 valence electrons. The minimum Gasteiger partial charge on any atom is -0.480 e. The molecule has 1 heterocycles. The van der Waals surface area contributed by atoms with E-state index < -0.39 is 22.0 Å². The molecule has 3 aromatic carbocycles. The van der Waals surface area contributed by atoms with Crippen LogP contribution in [0, 0.1) is 6.92 Å². The lowest BCUT2D eigenvalue weighted by molar-refractivity contribution is -0.138. The Hall–Kier alpha value is -3.14. The number of carboxylic acid groups (broad SMARTS) is 1. The van der Waals surface area contributed by atoms with Gasteiger partial charge in [0, 0.05) is 27.9 Å². The molecule has 0 amide bonds. The Bertz CT molecular complexity index is 1520. The van der Waals surface area contributed by atoms with Crippen LogP contribution in [0.5, 0.6) is 0 Å². The number of carboxylic acids is 1. The lowest BCUT2D eigenvalue weighted by Gasteiger charge is -2.31. The number of nitrogens with zero attached hydrogens (tertiary/aromatic N) is 3. The lowest BCUT2D eigenvalue weighted by Crippen LogP contribution is -2.45. The van der Waals surface area contributed by atoms with Gasteiger partial charge in [0.05, 0.1) is 10.6 Å². The van der Waals surface area contributed by atoms with Crippen molar-refractivity contribution in [2.24, 2.45) is 0 Å².